The average Bonchev–Trinajstić information content (AvgIpc) is 2.67. The maximum atomic E-state index is 12.2. The molecule has 1 aliphatic rings. The number of nitrogens with zero attached hydrogens (tertiary/aromatic N) is 2. The minimum Gasteiger partial charge on any atom is -0.496 e. The predicted octanol–water partition coefficient (Wildman–Crippen LogP) is 2.84. The Bertz CT molecular complexity index is 678. The van der Waals surface area contributed by atoms with Gasteiger partial charge in [0.05, 0.1) is 19.3 Å². The molecule has 3 atom stereocenters. The summed E-state index contributed by atoms with van der Waals surface area (Å²) in [5, 5.41) is 7.16. The number of aryl methyl sites for hydroxylation is 1. The van der Waals surface area contributed by atoms with Gasteiger partial charge in [-0.05, 0) is 40.0 Å². The van der Waals surface area contributed by atoms with Crippen molar-refractivity contribution in [1.29, 1.82) is 0 Å². The van der Waals surface area contributed by atoms with Gasteiger partial charge >= 0.3 is 0 Å². The van der Waals surface area contributed by atoms with E-state index in [1.165, 1.54) is 0 Å². The standard InChI is InChI=1S/C20H34N4O2S/c1-6-21-20(24-16-9-8-10-17(11-16)27(25)7-2)23-13-18-15(4)19(26-5)14(3)12-22-18/h12,16-17H,6-11,13H2,1-5H3,(H2,21,23,24). The van der Waals surface area contributed by atoms with Crippen LogP contribution in [0.25, 0.3) is 0 Å². The zero-order chi connectivity index (χ0) is 19.8. The molecule has 0 saturated heterocycles. The summed E-state index contributed by atoms with van der Waals surface area (Å²) in [4.78, 5) is 9.26. The van der Waals surface area contributed by atoms with Crippen LogP contribution in [-0.4, -0.2) is 45.9 Å². The van der Waals surface area contributed by atoms with Crippen molar-refractivity contribution in [2.45, 2.75) is 71.2 Å². The van der Waals surface area contributed by atoms with E-state index in [0.29, 0.717) is 17.8 Å². The molecule has 0 spiro atoms. The number of methoxy groups -OCH3 is 1. The van der Waals surface area contributed by atoms with E-state index in [1.54, 1.807) is 7.11 Å². The van der Waals surface area contributed by atoms with Crippen molar-refractivity contribution < 1.29 is 8.95 Å². The highest BCUT2D eigenvalue weighted by atomic mass is 32.2. The highest BCUT2D eigenvalue weighted by molar-refractivity contribution is 7.85. The lowest BCUT2D eigenvalue weighted by atomic mass is 9.95. The summed E-state index contributed by atoms with van der Waals surface area (Å²) in [5.41, 5.74) is 2.99. The Morgan fingerprint density at radius 2 is 2.15 bits per heavy atom. The van der Waals surface area contributed by atoms with Gasteiger partial charge in [-0.1, -0.05) is 13.3 Å². The fraction of sp³-hybridized carbons (Fsp3) is 0.700. The summed E-state index contributed by atoms with van der Waals surface area (Å²) >= 11 is 0. The summed E-state index contributed by atoms with van der Waals surface area (Å²) in [7, 11) is 0.969. The van der Waals surface area contributed by atoms with E-state index in [9.17, 15) is 4.21 Å². The third kappa shape index (κ3) is 5.92. The minimum absolute atomic E-state index is 0.300. The van der Waals surface area contributed by atoms with E-state index in [-0.39, 0.29) is 0 Å². The first-order valence-electron chi connectivity index (χ1n) is 9.91. The average molecular weight is 395 g/mol. The van der Waals surface area contributed by atoms with Gasteiger partial charge < -0.3 is 15.4 Å². The first kappa shape index (κ1) is 21.7. The quantitative estimate of drug-likeness (QED) is 0.549. The Morgan fingerprint density at radius 1 is 1.37 bits per heavy atom. The van der Waals surface area contributed by atoms with Crippen LogP contribution in [0.2, 0.25) is 0 Å². The van der Waals surface area contributed by atoms with E-state index in [1.807, 2.05) is 27.0 Å². The van der Waals surface area contributed by atoms with Crippen molar-refractivity contribution in [3.63, 3.8) is 0 Å². The Labute approximate surface area is 166 Å². The van der Waals surface area contributed by atoms with E-state index in [4.69, 9.17) is 9.73 Å². The van der Waals surface area contributed by atoms with Crippen LogP contribution in [-0.2, 0) is 17.3 Å². The number of hydrogen-bond acceptors (Lipinski definition) is 4. The number of ether oxygens (including phenoxy) is 1. The summed E-state index contributed by atoms with van der Waals surface area (Å²) in [6, 6.07) is 0.318. The molecule has 6 nitrogen and oxygen atoms in total. The van der Waals surface area contributed by atoms with Gasteiger partial charge in [0.2, 0.25) is 0 Å². The second kappa shape index (κ2) is 10.6. The Hall–Kier alpha value is -1.63. The third-order valence-electron chi connectivity index (χ3n) is 5.10. The Balaban J connectivity index is 2.07. The number of hydrogen-bond donors (Lipinski definition) is 2. The number of aliphatic imine (C=N–C) groups is 1. The minimum atomic E-state index is -0.719. The number of guanidine groups is 1. The molecule has 1 aromatic rings. The van der Waals surface area contributed by atoms with Gasteiger partial charge in [0.1, 0.15) is 5.75 Å². The van der Waals surface area contributed by atoms with Gasteiger partial charge in [-0.3, -0.25) is 9.19 Å². The number of nitrogens with one attached hydrogen (secondary N) is 2. The van der Waals surface area contributed by atoms with Gasteiger partial charge in [0.25, 0.3) is 0 Å². The van der Waals surface area contributed by atoms with Crippen LogP contribution < -0.4 is 15.4 Å². The van der Waals surface area contributed by atoms with Gasteiger partial charge in [-0.2, -0.15) is 0 Å². The lowest BCUT2D eigenvalue weighted by Gasteiger charge is -2.30. The zero-order valence-electron chi connectivity index (χ0n) is 17.3. The monoisotopic (exact) mass is 394 g/mol. The highest BCUT2D eigenvalue weighted by Gasteiger charge is 2.26. The molecule has 1 aromatic heterocycles. The molecular weight excluding hydrogens is 360 g/mol. The number of aromatic nitrogens is 1. The smallest absolute Gasteiger partial charge is 0.191 e. The second-order valence-corrected chi connectivity index (χ2v) is 9.05. The maximum Gasteiger partial charge on any atom is 0.191 e. The van der Waals surface area contributed by atoms with E-state index in [0.717, 1.165) is 66.5 Å². The van der Waals surface area contributed by atoms with Gasteiger partial charge in [-0.15, -0.1) is 0 Å². The van der Waals surface area contributed by atoms with Crippen molar-refractivity contribution in [3.8, 4) is 5.75 Å². The molecule has 1 aliphatic carbocycles. The summed E-state index contributed by atoms with van der Waals surface area (Å²) in [6.45, 7) is 9.38. The van der Waals surface area contributed by atoms with E-state index < -0.39 is 10.8 Å². The summed E-state index contributed by atoms with van der Waals surface area (Å²) < 4.78 is 17.7. The number of rotatable bonds is 7. The van der Waals surface area contributed by atoms with Gasteiger partial charge in [-0.25, -0.2) is 4.99 Å². The molecule has 1 fully saturated rings. The van der Waals surface area contributed by atoms with Crippen LogP contribution in [0.15, 0.2) is 11.2 Å². The van der Waals surface area contributed by atoms with Crippen molar-refractivity contribution >= 4 is 16.8 Å². The predicted molar refractivity (Wildman–Crippen MR) is 113 cm³/mol. The molecule has 27 heavy (non-hydrogen) atoms. The van der Waals surface area contributed by atoms with Crippen molar-refractivity contribution in [2.75, 3.05) is 19.4 Å². The normalized spacial score (nSPS) is 21.6. The maximum absolute atomic E-state index is 12.2. The molecule has 0 aliphatic heterocycles. The van der Waals surface area contributed by atoms with Crippen LogP contribution in [0.1, 0.15) is 56.4 Å². The molecule has 2 N–H and O–H groups in total. The van der Waals surface area contributed by atoms with Gasteiger partial charge in [0, 0.05) is 51.7 Å². The third-order valence-corrected chi connectivity index (χ3v) is 6.84. The molecule has 2 rings (SSSR count). The van der Waals surface area contributed by atoms with Crippen LogP contribution >= 0.6 is 0 Å². The van der Waals surface area contributed by atoms with Gasteiger partial charge in [0.15, 0.2) is 5.96 Å². The molecule has 0 amide bonds. The first-order valence-corrected chi connectivity index (χ1v) is 11.3. The summed E-state index contributed by atoms with van der Waals surface area (Å²) in [6.07, 6.45) is 6.06. The molecule has 0 aromatic carbocycles. The Morgan fingerprint density at radius 3 is 2.81 bits per heavy atom. The van der Waals surface area contributed by atoms with Crippen molar-refractivity contribution in [1.82, 2.24) is 15.6 Å². The fourth-order valence-electron chi connectivity index (χ4n) is 3.65. The van der Waals surface area contributed by atoms with Crippen LogP contribution in [0.5, 0.6) is 5.75 Å². The molecule has 152 valence electrons. The fourth-order valence-corrected chi connectivity index (χ4v) is 5.00. The van der Waals surface area contributed by atoms with E-state index in [2.05, 4.69) is 22.5 Å². The molecule has 0 bridgehead atoms. The Kier molecular flexibility index (Phi) is 8.54. The van der Waals surface area contributed by atoms with Crippen molar-refractivity contribution in [2.24, 2.45) is 4.99 Å². The van der Waals surface area contributed by atoms with E-state index >= 15 is 0 Å². The SMILES string of the molecule is CCNC(=NCc1ncc(C)c(OC)c1C)NC1CCCC(S(=O)CC)C1. The molecule has 1 heterocycles. The molecule has 7 heteroatoms. The lowest BCUT2D eigenvalue weighted by Crippen LogP contribution is -2.46. The molecule has 3 unspecified atom stereocenters. The van der Waals surface area contributed by atoms with Crippen molar-refractivity contribution in [3.05, 3.63) is 23.0 Å². The molecule has 1 saturated carbocycles. The number of pyridine rings is 1. The van der Waals surface area contributed by atoms with Crippen LogP contribution in [0.3, 0.4) is 0 Å². The lowest BCUT2D eigenvalue weighted by molar-refractivity contribution is 0.406. The molecule has 0 radical (unpaired) electrons. The highest BCUT2D eigenvalue weighted by Crippen LogP contribution is 2.25. The first-order chi connectivity index (χ1) is 13.0. The summed E-state index contributed by atoms with van der Waals surface area (Å²) in [5.74, 6) is 2.42. The zero-order valence-corrected chi connectivity index (χ0v) is 18.1. The molecular formula is C20H34N4O2S. The second-order valence-electron chi connectivity index (χ2n) is 7.04. The topological polar surface area (TPSA) is 75.6 Å². The van der Waals surface area contributed by atoms with Crippen LogP contribution in [0.4, 0.5) is 0 Å². The largest absolute Gasteiger partial charge is 0.496 e. The van der Waals surface area contributed by atoms with Crippen LogP contribution in [0, 0.1) is 13.8 Å².